The Balaban J connectivity index is 1.68. The summed E-state index contributed by atoms with van der Waals surface area (Å²) in [6, 6.07) is 6.90. The van der Waals surface area contributed by atoms with E-state index in [1.54, 1.807) is 11.3 Å². The number of morpholine rings is 1. The van der Waals surface area contributed by atoms with Crippen molar-refractivity contribution in [1.82, 2.24) is 20.5 Å². The molecule has 1 unspecified atom stereocenters. The molecule has 1 fully saturated rings. The molecule has 1 aromatic carbocycles. The standard InChI is InChI=1S/C21H30FN5OS/c1-3-18-13-24-20(29-18)15-26-21(23-4-2)25-14-19(27-9-11-28-12-10-27)16-5-7-17(22)8-6-16/h5-8,13,19H,3-4,9-12,14-15H2,1-2H3,(H2,23,25,26). The molecule has 158 valence electrons. The first-order chi connectivity index (χ1) is 14.2. The summed E-state index contributed by atoms with van der Waals surface area (Å²) >= 11 is 1.71. The molecule has 2 aromatic rings. The molecule has 0 amide bonds. The number of rotatable bonds is 8. The van der Waals surface area contributed by atoms with E-state index in [4.69, 9.17) is 9.73 Å². The zero-order valence-electron chi connectivity index (χ0n) is 17.2. The van der Waals surface area contributed by atoms with E-state index in [1.165, 1.54) is 17.0 Å². The number of benzene rings is 1. The van der Waals surface area contributed by atoms with E-state index in [0.717, 1.165) is 55.8 Å². The van der Waals surface area contributed by atoms with E-state index in [0.29, 0.717) is 13.1 Å². The smallest absolute Gasteiger partial charge is 0.191 e. The number of thiazole rings is 1. The minimum absolute atomic E-state index is 0.120. The fourth-order valence-corrected chi connectivity index (χ4v) is 4.09. The Kier molecular flexibility index (Phi) is 8.39. The number of aliphatic imine (C=N–C) groups is 1. The topological polar surface area (TPSA) is 61.8 Å². The van der Waals surface area contributed by atoms with Gasteiger partial charge in [-0.3, -0.25) is 4.90 Å². The van der Waals surface area contributed by atoms with Gasteiger partial charge in [0.15, 0.2) is 5.96 Å². The van der Waals surface area contributed by atoms with Crippen LogP contribution in [0.25, 0.3) is 0 Å². The van der Waals surface area contributed by atoms with E-state index in [2.05, 4.69) is 34.4 Å². The van der Waals surface area contributed by atoms with Crippen LogP contribution in [0.1, 0.15) is 35.3 Å². The van der Waals surface area contributed by atoms with Gasteiger partial charge in [-0.1, -0.05) is 19.1 Å². The number of halogens is 1. The summed E-state index contributed by atoms with van der Waals surface area (Å²) in [6.07, 6.45) is 2.93. The number of nitrogens with zero attached hydrogens (tertiary/aromatic N) is 3. The van der Waals surface area contributed by atoms with Crippen molar-refractivity contribution < 1.29 is 9.13 Å². The van der Waals surface area contributed by atoms with E-state index < -0.39 is 0 Å². The van der Waals surface area contributed by atoms with Gasteiger partial charge in [-0.05, 0) is 31.0 Å². The maximum absolute atomic E-state index is 13.4. The Hall–Kier alpha value is -2.03. The SMILES string of the molecule is CCNC(=NCc1ncc(CC)s1)NCC(c1ccc(F)cc1)N1CCOCC1. The van der Waals surface area contributed by atoms with Crippen molar-refractivity contribution in [3.8, 4) is 0 Å². The molecule has 1 atom stereocenters. The average molecular weight is 420 g/mol. The predicted octanol–water partition coefficient (Wildman–Crippen LogP) is 2.97. The molecule has 0 spiro atoms. The number of hydrogen-bond acceptors (Lipinski definition) is 5. The largest absolute Gasteiger partial charge is 0.379 e. The molecule has 2 N–H and O–H groups in total. The van der Waals surface area contributed by atoms with Crippen LogP contribution in [0.5, 0.6) is 0 Å². The van der Waals surface area contributed by atoms with Crippen molar-refractivity contribution in [2.24, 2.45) is 4.99 Å². The second-order valence-electron chi connectivity index (χ2n) is 6.87. The lowest BCUT2D eigenvalue weighted by atomic mass is 10.0. The number of hydrogen-bond donors (Lipinski definition) is 2. The quantitative estimate of drug-likeness (QED) is 0.509. The molecule has 3 rings (SSSR count). The van der Waals surface area contributed by atoms with Gasteiger partial charge in [0, 0.05) is 37.3 Å². The Labute approximate surface area is 176 Å². The summed E-state index contributed by atoms with van der Waals surface area (Å²) in [7, 11) is 0. The highest BCUT2D eigenvalue weighted by atomic mass is 32.1. The van der Waals surface area contributed by atoms with Crippen molar-refractivity contribution in [3.63, 3.8) is 0 Å². The monoisotopic (exact) mass is 419 g/mol. The number of guanidine groups is 1. The predicted molar refractivity (Wildman–Crippen MR) is 116 cm³/mol. The van der Waals surface area contributed by atoms with Gasteiger partial charge >= 0.3 is 0 Å². The van der Waals surface area contributed by atoms with Crippen molar-refractivity contribution in [2.75, 3.05) is 39.4 Å². The van der Waals surface area contributed by atoms with Crippen LogP contribution in [0.2, 0.25) is 0 Å². The van der Waals surface area contributed by atoms with Crippen molar-refractivity contribution in [1.29, 1.82) is 0 Å². The first-order valence-electron chi connectivity index (χ1n) is 10.2. The van der Waals surface area contributed by atoms with Crippen molar-refractivity contribution in [2.45, 2.75) is 32.9 Å². The van der Waals surface area contributed by atoms with Gasteiger partial charge < -0.3 is 15.4 Å². The van der Waals surface area contributed by atoms with Crippen LogP contribution in [0.4, 0.5) is 4.39 Å². The van der Waals surface area contributed by atoms with Gasteiger partial charge in [0.1, 0.15) is 10.8 Å². The Morgan fingerprint density at radius 3 is 2.66 bits per heavy atom. The maximum Gasteiger partial charge on any atom is 0.191 e. The van der Waals surface area contributed by atoms with Crippen LogP contribution in [0, 0.1) is 5.82 Å². The lowest BCUT2D eigenvalue weighted by molar-refractivity contribution is 0.0170. The van der Waals surface area contributed by atoms with Crippen LogP contribution in [0.15, 0.2) is 35.5 Å². The summed E-state index contributed by atoms with van der Waals surface area (Å²) in [4.78, 5) is 12.8. The molecule has 6 nitrogen and oxygen atoms in total. The zero-order valence-corrected chi connectivity index (χ0v) is 18.0. The summed E-state index contributed by atoms with van der Waals surface area (Å²) in [5, 5.41) is 7.78. The second-order valence-corrected chi connectivity index (χ2v) is 8.07. The number of nitrogens with one attached hydrogen (secondary N) is 2. The van der Waals surface area contributed by atoms with Gasteiger partial charge in [0.05, 0.1) is 25.8 Å². The van der Waals surface area contributed by atoms with Gasteiger partial charge in [0.25, 0.3) is 0 Å². The number of ether oxygens (including phenoxy) is 1. The molecule has 0 saturated carbocycles. The lowest BCUT2D eigenvalue weighted by Gasteiger charge is -2.35. The van der Waals surface area contributed by atoms with E-state index in [-0.39, 0.29) is 11.9 Å². The third-order valence-electron chi connectivity index (χ3n) is 4.87. The minimum Gasteiger partial charge on any atom is -0.379 e. The molecule has 8 heteroatoms. The second kappa shape index (κ2) is 11.2. The van der Waals surface area contributed by atoms with Crippen LogP contribution < -0.4 is 10.6 Å². The molecule has 1 saturated heterocycles. The number of aryl methyl sites for hydroxylation is 1. The molecule has 0 radical (unpaired) electrons. The molecule has 0 bridgehead atoms. The van der Waals surface area contributed by atoms with E-state index in [1.807, 2.05) is 18.3 Å². The third kappa shape index (κ3) is 6.48. The fourth-order valence-electron chi connectivity index (χ4n) is 3.30. The third-order valence-corrected chi connectivity index (χ3v) is 6.00. The molecule has 1 aliphatic heterocycles. The first-order valence-corrected chi connectivity index (χ1v) is 11.0. The van der Waals surface area contributed by atoms with Crippen LogP contribution in [0.3, 0.4) is 0 Å². The normalized spacial score (nSPS) is 16.6. The average Bonchev–Trinajstić information content (AvgIpc) is 3.22. The van der Waals surface area contributed by atoms with Gasteiger partial charge in [0.2, 0.25) is 0 Å². The Bertz CT molecular complexity index is 774. The summed E-state index contributed by atoms with van der Waals surface area (Å²) in [6.45, 7) is 9.34. The molecular formula is C21H30FN5OS. The maximum atomic E-state index is 13.4. The van der Waals surface area contributed by atoms with Crippen molar-refractivity contribution in [3.05, 3.63) is 51.7 Å². The van der Waals surface area contributed by atoms with Gasteiger partial charge in [-0.15, -0.1) is 11.3 Å². The van der Waals surface area contributed by atoms with Crippen LogP contribution in [-0.4, -0.2) is 55.2 Å². The highest BCUT2D eigenvalue weighted by Gasteiger charge is 2.23. The molecule has 29 heavy (non-hydrogen) atoms. The minimum atomic E-state index is -0.216. The first kappa shape index (κ1) is 21.7. The summed E-state index contributed by atoms with van der Waals surface area (Å²) in [5.41, 5.74) is 1.09. The molecule has 1 aromatic heterocycles. The summed E-state index contributed by atoms with van der Waals surface area (Å²) < 4.78 is 18.9. The van der Waals surface area contributed by atoms with Crippen LogP contribution >= 0.6 is 11.3 Å². The molecule has 2 heterocycles. The van der Waals surface area contributed by atoms with Gasteiger partial charge in [-0.25, -0.2) is 14.4 Å². The van der Waals surface area contributed by atoms with Gasteiger partial charge in [-0.2, -0.15) is 0 Å². The van der Waals surface area contributed by atoms with Crippen LogP contribution in [-0.2, 0) is 17.7 Å². The highest BCUT2D eigenvalue weighted by molar-refractivity contribution is 7.11. The molecule has 0 aliphatic carbocycles. The van der Waals surface area contributed by atoms with E-state index in [9.17, 15) is 4.39 Å². The summed E-state index contributed by atoms with van der Waals surface area (Å²) in [5.74, 6) is 0.549. The molecule has 1 aliphatic rings. The highest BCUT2D eigenvalue weighted by Crippen LogP contribution is 2.21. The zero-order chi connectivity index (χ0) is 20.5. The Morgan fingerprint density at radius 2 is 2.00 bits per heavy atom. The van der Waals surface area contributed by atoms with Crippen molar-refractivity contribution >= 4 is 17.3 Å². The fraction of sp³-hybridized carbons (Fsp3) is 0.524. The number of aromatic nitrogens is 1. The van der Waals surface area contributed by atoms with E-state index >= 15 is 0 Å². The Morgan fingerprint density at radius 1 is 1.24 bits per heavy atom. The lowest BCUT2D eigenvalue weighted by Crippen LogP contribution is -2.46. The molecular weight excluding hydrogens is 389 g/mol.